The fraction of sp³-hybridized carbons (Fsp3) is 0.474. The molecular weight excluding hydrogens is 306 g/mol. The molecule has 2 aromatic rings. The highest BCUT2D eigenvalue weighted by Gasteiger charge is 2.26. The molecule has 5 heteroatoms. The minimum Gasteiger partial charge on any atom is -0.464 e. The SMILES string of the molecule is Cc1ccc2c(CC(=O)O[C@H](C)C(=O)N3CCCC3)coc2c1C. The molecule has 1 aliphatic heterocycles. The van der Waals surface area contributed by atoms with Gasteiger partial charge in [-0.05, 0) is 44.7 Å². The van der Waals surface area contributed by atoms with Crippen molar-refractivity contribution in [2.24, 2.45) is 0 Å². The number of hydrogen-bond acceptors (Lipinski definition) is 4. The highest BCUT2D eigenvalue weighted by Crippen LogP contribution is 2.27. The number of fused-ring (bicyclic) bond motifs is 1. The van der Waals surface area contributed by atoms with Crippen molar-refractivity contribution in [2.75, 3.05) is 13.1 Å². The Morgan fingerprint density at radius 1 is 1.25 bits per heavy atom. The van der Waals surface area contributed by atoms with Crippen LogP contribution in [0.5, 0.6) is 0 Å². The normalized spacial score (nSPS) is 15.7. The quantitative estimate of drug-likeness (QED) is 0.809. The van der Waals surface area contributed by atoms with Crippen LogP contribution < -0.4 is 0 Å². The van der Waals surface area contributed by atoms with Crippen molar-refractivity contribution in [2.45, 2.75) is 46.1 Å². The van der Waals surface area contributed by atoms with Crippen molar-refractivity contribution < 1.29 is 18.7 Å². The maximum Gasteiger partial charge on any atom is 0.311 e. The molecule has 1 saturated heterocycles. The number of likely N-dealkylation sites (tertiary alicyclic amines) is 1. The minimum absolute atomic E-state index is 0.104. The third-order valence-electron chi connectivity index (χ3n) is 4.75. The van der Waals surface area contributed by atoms with Gasteiger partial charge in [0.25, 0.3) is 5.91 Å². The van der Waals surface area contributed by atoms with Crippen molar-refractivity contribution in [3.8, 4) is 0 Å². The number of amides is 1. The number of ether oxygens (including phenoxy) is 1. The fourth-order valence-corrected chi connectivity index (χ4v) is 3.16. The fourth-order valence-electron chi connectivity index (χ4n) is 3.16. The molecule has 1 fully saturated rings. The smallest absolute Gasteiger partial charge is 0.311 e. The third kappa shape index (κ3) is 3.16. The standard InChI is InChI=1S/C19H23NO4/c1-12-6-7-16-15(11-23-18(16)13(12)2)10-17(21)24-14(3)19(22)20-8-4-5-9-20/h6-7,11,14H,4-5,8-10H2,1-3H3/t14-/m1/s1. The summed E-state index contributed by atoms with van der Waals surface area (Å²) < 4.78 is 10.9. The molecule has 1 amide bonds. The second kappa shape index (κ2) is 6.67. The van der Waals surface area contributed by atoms with E-state index in [9.17, 15) is 9.59 Å². The molecule has 24 heavy (non-hydrogen) atoms. The number of furan rings is 1. The van der Waals surface area contributed by atoms with E-state index in [4.69, 9.17) is 9.15 Å². The molecule has 0 unspecified atom stereocenters. The van der Waals surface area contributed by atoms with Crippen LogP contribution in [0.15, 0.2) is 22.8 Å². The van der Waals surface area contributed by atoms with Crippen molar-refractivity contribution in [1.82, 2.24) is 4.90 Å². The lowest BCUT2D eigenvalue weighted by molar-refractivity contribution is -0.158. The van der Waals surface area contributed by atoms with Crippen molar-refractivity contribution >= 4 is 22.8 Å². The molecule has 1 aliphatic rings. The van der Waals surface area contributed by atoms with Gasteiger partial charge >= 0.3 is 5.97 Å². The van der Waals surface area contributed by atoms with Crippen LogP contribution in [0.25, 0.3) is 11.0 Å². The van der Waals surface area contributed by atoms with Crippen LogP contribution in [0.1, 0.15) is 36.5 Å². The van der Waals surface area contributed by atoms with Gasteiger partial charge in [-0.2, -0.15) is 0 Å². The van der Waals surface area contributed by atoms with Crippen LogP contribution in [-0.4, -0.2) is 36.0 Å². The molecule has 5 nitrogen and oxygen atoms in total. The Kier molecular flexibility index (Phi) is 4.60. The molecular formula is C19H23NO4. The number of esters is 1. The van der Waals surface area contributed by atoms with Gasteiger partial charge in [0, 0.05) is 24.0 Å². The molecule has 1 aromatic heterocycles. The van der Waals surface area contributed by atoms with Gasteiger partial charge in [0.15, 0.2) is 6.10 Å². The number of aryl methyl sites for hydroxylation is 2. The molecule has 0 saturated carbocycles. The van der Waals surface area contributed by atoms with E-state index in [2.05, 4.69) is 0 Å². The Hall–Kier alpha value is -2.30. The summed E-state index contributed by atoms with van der Waals surface area (Å²) in [6.07, 6.45) is 3.01. The highest BCUT2D eigenvalue weighted by molar-refractivity contribution is 5.89. The van der Waals surface area contributed by atoms with Gasteiger partial charge in [-0.1, -0.05) is 12.1 Å². The summed E-state index contributed by atoms with van der Waals surface area (Å²) in [5.41, 5.74) is 3.82. The predicted octanol–water partition coefficient (Wildman–Crippen LogP) is 3.15. The number of rotatable bonds is 4. The zero-order valence-electron chi connectivity index (χ0n) is 14.4. The summed E-state index contributed by atoms with van der Waals surface area (Å²) in [7, 11) is 0. The lowest BCUT2D eigenvalue weighted by atomic mass is 10.0. The van der Waals surface area contributed by atoms with Crippen LogP contribution in [0.2, 0.25) is 0 Å². The average Bonchev–Trinajstić information content (AvgIpc) is 3.20. The number of carbonyl (C=O) groups is 2. The van der Waals surface area contributed by atoms with Crippen LogP contribution in [-0.2, 0) is 20.7 Å². The van der Waals surface area contributed by atoms with E-state index in [1.165, 1.54) is 0 Å². The Labute approximate surface area is 141 Å². The van der Waals surface area contributed by atoms with Gasteiger partial charge in [0.1, 0.15) is 5.58 Å². The van der Waals surface area contributed by atoms with E-state index in [-0.39, 0.29) is 12.3 Å². The highest BCUT2D eigenvalue weighted by atomic mass is 16.5. The summed E-state index contributed by atoms with van der Waals surface area (Å²) in [5.74, 6) is -0.514. The predicted molar refractivity (Wildman–Crippen MR) is 90.8 cm³/mol. The van der Waals surface area contributed by atoms with Crippen molar-refractivity contribution in [3.63, 3.8) is 0 Å². The first kappa shape index (κ1) is 16.6. The number of hydrogen-bond donors (Lipinski definition) is 0. The zero-order chi connectivity index (χ0) is 17.3. The number of benzene rings is 1. The van der Waals surface area contributed by atoms with E-state index >= 15 is 0 Å². The summed E-state index contributed by atoms with van der Waals surface area (Å²) in [6, 6.07) is 3.98. The first-order valence-corrected chi connectivity index (χ1v) is 8.42. The van der Waals surface area contributed by atoms with E-state index in [1.807, 2.05) is 26.0 Å². The molecule has 1 atom stereocenters. The lowest BCUT2D eigenvalue weighted by Gasteiger charge is -2.20. The van der Waals surface area contributed by atoms with Gasteiger partial charge in [-0.25, -0.2) is 0 Å². The second-order valence-electron chi connectivity index (χ2n) is 6.49. The largest absolute Gasteiger partial charge is 0.464 e. The van der Waals surface area contributed by atoms with Crippen LogP contribution in [0.3, 0.4) is 0 Å². The van der Waals surface area contributed by atoms with Gasteiger partial charge in [-0.3, -0.25) is 9.59 Å². The molecule has 3 rings (SSSR count). The Balaban J connectivity index is 1.66. The van der Waals surface area contributed by atoms with Crippen molar-refractivity contribution in [1.29, 1.82) is 0 Å². The summed E-state index contributed by atoms with van der Waals surface area (Å²) in [4.78, 5) is 26.2. The Morgan fingerprint density at radius 2 is 1.96 bits per heavy atom. The van der Waals surface area contributed by atoms with Gasteiger partial charge in [0.2, 0.25) is 0 Å². The molecule has 0 bridgehead atoms. The zero-order valence-corrected chi connectivity index (χ0v) is 14.4. The first-order chi connectivity index (χ1) is 11.5. The average molecular weight is 329 g/mol. The topological polar surface area (TPSA) is 59.8 Å². The molecule has 0 radical (unpaired) electrons. The maximum atomic E-state index is 12.2. The van der Waals surface area contributed by atoms with E-state index in [1.54, 1.807) is 18.1 Å². The minimum atomic E-state index is -0.738. The third-order valence-corrected chi connectivity index (χ3v) is 4.75. The molecule has 0 N–H and O–H groups in total. The molecule has 2 heterocycles. The van der Waals surface area contributed by atoms with Crippen LogP contribution >= 0.6 is 0 Å². The van der Waals surface area contributed by atoms with Crippen molar-refractivity contribution in [3.05, 3.63) is 35.1 Å². The molecule has 0 spiro atoms. The first-order valence-electron chi connectivity index (χ1n) is 8.42. The van der Waals surface area contributed by atoms with E-state index in [0.717, 1.165) is 53.6 Å². The summed E-state index contributed by atoms with van der Waals surface area (Å²) in [6.45, 7) is 7.17. The Morgan fingerprint density at radius 3 is 2.67 bits per heavy atom. The Bertz CT molecular complexity index is 771. The van der Waals surface area contributed by atoms with E-state index < -0.39 is 12.1 Å². The van der Waals surface area contributed by atoms with Gasteiger partial charge in [0.05, 0.1) is 12.7 Å². The monoisotopic (exact) mass is 329 g/mol. The lowest BCUT2D eigenvalue weighted by Crippen LogP contribution is -2.38. The summed E-state index contributed by atoms with van der Waals surface area (Å²) >= 11 is 0. The molecule has 0 aliphatic carbocycles. The van der Waals surface area contributed by atoms with Crippen LogP contribution in [0.4, 0.5) is 0 Å². The number of carbonyl (C=O) groups excluding carboxylic acids is 2. The van der Waals surface area contributed by atoms with Gasteiger partial charge in [-0.15, -0.1) is 0 Å². The molecule has 1 aromatic carbocycles. The second-order valence-corrected chi connectivity index (χ2v) is 6.49. The number of nitrogens with zero attached hydrogens (tertiary/aromatic N) is 1. The molecule has 128 valence electrons. The van der Waals surface area contributed by atoms with Crippen LogP contribution in [0, 0.1) is 13.8 Å². The maximum absolute atomic E-state index is 12.2. The van der Waals surface area contributed by atoms with E-state index in [0.29, 0.717) is 0 Å². The summed E-state index contributed by atoms with van der Waals surface area (Å²) in [5, 5.41) is 0.925. The van der Waals surface area contributed by atoms with Gasteiger partial charge < -0.3 is 14.1 Å².